The molecular formula is C45H32N4. The van der Waals surface area contributed by atoms with Gasteiger partial charge in [0, 0.05) is 34.5 Å². The molecule has 8 aromatic rings. The molecule has 0 radical (unpaired) electrons. The number of fused-ring (bicyclic) bond motifs is 5. The van der Waals surface area contributed by atoms with Crippen molar-refractivity contribution in [1.29, 1.82) is 0 Å². The summed E-state index contributed by atoms with van der Waals surface area (Å²) in [6.45, 7) is 4.64. The van der Waals surface area contributed by atoms with Gasteiger partial charge in [0.15, 0.2) is 17.5 Å². The van der Waals surface area contributed by atoms with Crippen LogP contribution < -0.4 is 0 Å². The van der Waals surface area contributed by atoms with Crippen molar-refractivity contribution in [3.05, 3.63) is 169 Å². The molecule has 2 heterocycles. The smallest absolute Gasteiger partial charge is 0.164 e. The lowest BCUT2D eigenvalue weighted by molar-refractivity contribution is 0.661. The Morgan fingerprint density at radius 3 is 1.88 bits per heavy atom. The van der Waals surface area contributed by atoms with E-state index in [1.165, 1.54) is 33.0 Å². The molecule has 2 aromatic heterocycles. The molecule has 0 fully saturated rings. The van der Waals surface area contributed by atoms with E-state index >= 15 is 0 Å². The minimum absolute atomic E-state index is 0.171. The van der Waals surface area contributed by atoms with E-state index in [0.29, 0.717) is 17.5 Å². The van der Waals surface area contributed by atoms with Crippen LogP contribution in [0.1, 0.15) is 25.0 Å². The highest BCUT2D eigenvalue weighted by Gasteiger charge is 2.38. The quantitative estimate of drug-likeness (QED) is 0.190. The van der Waals surface area contributed by atoms with Gasteiger partial charge in [0.25, 0.3) is 0 Å². The molecule has 0 atom stereocenters. The summed E-state index contributed by atoms with van der Waals surface area (Å²) in [4.78, 5) is 19.9. The molecule has 0 spiro atoms. The van der Waals surface area contributed by atoms with Crippen molar-refractivity contribution >= 4 is 10.8 Å². The number of benzene rings is 6. The molecule has 1 aliphatic rings. The fraction of sp³-hybridized carbons (Fsp3) is 0.0667. The molecule has 4 nitrogen and oxygen atoms in total. The lowest BCUT2D eigenvalue weighted by atomic mass is 9.82. The van der Waals surface area contributed by atoms with Crippen LogP contribution in [0.5, 0.6) is 0 Å². The second-order valence-electron chi connectivity index (χ2n) is 13.1. The zero-order chi connectivity index (χ0) is 33.0. The van der Waals surface area contributed by atoms with Crippen molar-refractivity contribution in [1.82, 2.24) is 19.9 Å². The van der Waals surface area contributed by atoms with Gasteiger partial charge < -0.3 is 0 Å². The first-order chi connectivity index (χ1) is 24.0. The predicted octanol–water partition coefficient (Wildman–Crippen LogP) is 11.1. The van der Waals surface area contributed by atoms with Crippen molar-refractivity contribution < 1.29 is 0 Å². The first kappa shape index (κ1) is 28.9. The van der Waals surface area contributed by atoms with Gasteiger partial charge in [-0.15, -0.1) is 0 Å². The molecule has 0 unspecified atom stereocenters. The molecule has 0 aliphatic heterocycles. The third kappa shape index (κ3) is 4.92. The Bertz CT molecular complexity index is 2500. The van der Waals surface area contributed by atoms with Crippen molar-refractivity contribution in [2.45, 2.75) is 19.3 Å². The Kier molecular flexibility index (Phi) is 6.77. The summed E-state index contributed by atoms with van der Waals surface area (Å²) in [5.74, 6) is 1.94. The van der Waals surface area contributed by atoms with E-state index in [-0.39, 0.29) is 5.41 Å². The number of nitrogens with zero attached hydrogens (tertiary/aromatic N) is 4. The van der Waals surface area contributed by atoms with Crippen LogP contribution in [0.3, 0.4) is 0 Å². The number of rotatable bonds is 5. The molecule has 232 valence electrons. The highest BCUT2D eigenvalue weighted by Crippen LogP contribution is 2.54. The maximum atomic E-state index is 5.25. The summed E-state index contributed by atoms with van der Waals surface area (Å²) >= 11 is 0. The molecule has 0 saturated heterocycles. The SMILES string of the molecule is CC1(C)c2cccc(-c3nc(-c4ccc(-c5cccnc5)cc4)nc(-c4cccc(-c5ccccc5)c4)n3)c2-c2c1ccc1ccccc21. The van der Waals surface area contributed by atoms with Gasteiger partial charge in [-0.05, 0) is 67.4 Å². The van der Waals surface area contributed by atoms with Crippen LogP contribution in [0.2, 0.25) is 0 Å². The molecular weight excluding hydrogens is 597 g/mol. The Morgan fingerprint density at radius 1 is 0.429 bits per heavy atom. The van der Waals surface area contributed by atoms with Gasteiger partial charge in [-0.1, -0.05) is 147 Å². The first-order valence-corrected chi connectivity index (χ1v) is 16.6. The van der Waals surface area contributed by atoms with Crippen molar-refractivity contribution in [2.75, 3.05) is 0 Å². The van der Waals surface area contributed by atoms with E-state index in [1.807, 2.05) is 18.3 Å². The second kappa shape index (κ2) is 11.5. The highest BCUT2D eigenvalue weighted by atomic mass is 15.0. The van der Waals surface area contributed by atoms with E-state index < -0.39 is 0 Å². The average Bonchev–Trinajstić information content (AvgIpc) is 3.42. The van der Waals surface area contributed by atoms with E-state index in [0.717, 1.165) is 38.9 Å². The summed E-state index contributed by atoms with van der Waals surface area (Å²) in [6, 6.07) is 51.1. The van der Waals surface area contributed by atoms with E-state index in [4.69, 9.17) is 15.0 Å². The Morgan fingerprint density at radius 2 is 1.06 bits per heavy atom. The van der Waals surface area contributed by atoms with E-state index in [2.05, 4.69) is 152 Å². The van der Waals surface area contributed by atoms with Crippen LogP contribution in [0.4, 0.5) is 0 Å². The molecule has 0 amide bonds. The summed E-state index contributed by atoms with van der Waals surface area (Å²) in [5.41, 5.74) is 12.2. The van der Waals surface area contributed by atoms with E-state index in [9.17, 15) is 0 Å². The molecule has 1 aliphatic carbocycles. The molecule has 0 saturated carbocycles. The lowest BCUT2D eigenvalue weighted by Crippen LogP contribution is -2.14. The van der Waals surface area contributed by atoms with Crippen LogP contribution in [-0.2, 0) is 5.41 Å². The fourth-order valence-electron chi connectivity index (χ4n) is 7.30. The minimum atomic E-state index is -0.171. The number of aromatic nitrogens is 4. The van der Waals surface area contributed by atoms with Gasteiger partial charge in [0.05, 0.1) is 0 Å². The molecule has 9 rings (SSSR count). The fourth-order valence-corrected chi connectivity index (χ4v) is 7.30. The third-order valence-electron chi connectivity index (χ3n) is 9.83. The predicted molar refractivity (Wildman–Crippen MR) is 200 cm³/mol. The largest absolute Gasteiger partial charge is 0.264 e. The minimum Gasteiger partial charge on any atom is -0.264 e. The lowest BCUT2D eigenvalue weighted by Gasteiger charge is -2.21. The summed E-state index contributed by atoms with van der Waals surface area (Å²) in [5, 5.41) is 2.47. The molecule has 0 N–H and O–H groups in total. The van der Waals surface area contributed by atoms with Gasteiger partial charge >= 0.3 is 0 Å². The Labute approximate surface area is 285 Å². The third-order valence-corrected chi connectivity index (χ3v) is 9.83. The normalized spacial score (nSPS) is 12.9. The van der Waals surface area contributed by atoms with Crippen molar-refractivity contribution in [2.24, 2.45) is 0 Å². The van der Waals surface area contributed by atoms with Gasteiger partial charge in [-0.3, -0.25) is 4.98 Å². The van der Waals surface area contributed by atoms with Crippen LogP contribution in [-0.4, -0.2) is 19.9 Å². The number of pyridine rings is 1. The maximum Gasteiger partial charge on any atom is 0.164 e. The van der Waals surface area contributed by atoms with Gasteiger partial charge in [0.1, 0.15) is 0 Å². The van der Waals surface area contributed by atoms with Crippen molar-refractivity contribution in [3.8, 4) is 67.5 Å². The molecule has 0 bridgehead atoms. The summed E-state index contributed by atoms with van der Waals surface area (Å²) < 4.78 is 0. The maximum absolute atomic E-state index is 5.25. The number of hydrogen-bond acceptors (Lipinski definition) is 4. The molecule has 6 aromatic carbocycles. The molecule has 4 heteroatoms. The highest BCUT2D eigenvalue weighted by molar-refractivity contribution is 6.06. The zero-order valence-corrected chi connectivity index (χ0v) is 27.3. The standard InChI is InChI=1S/C45H32N4/c1-45(2)38-19-9-18-37(41(38)40-36-17-7-6-13-31(36)24-25-39(40)45)44-48-42(32-22-20-30(21-23-32)35-16-10-26-46-28-35)47-43(49-44)34-15-8-14-33(27-34)29-11-4-3-5-12-29/h3-28H,1-2H3. The van der Waals surface area contributed by atoms with E-state index in [1.54, 1.807) is 6.20 Å². The van der Waals surface area contributed by atoms with Gasteiger partial charge in [0.2, 0.25) is 0 Å². The molecule has 49 heavy (non-hydrogen) atoms. The average molecular weight is 629 g/mol. The Balaban J connectivity index is 1.26. The monoisotopic (exact) mass is 628 g/mol. The van der Waals surface area contributed by atoms with Crippen LogP contribution in [0, 0.1) is 0 Å². The second-order valence-corrected chi connectivity index (χ2v) is 13.1. The first-order valence-electron chi connectivity index (χ1n) is 16.6. The summed E-state index contributed by atoms with van der Waals surface area (Å²) in [6.07, 6.45) is 3.67. The number of hydrogen-bond donors (Lipinski definition) is 0. The van der Waals surface area contributed by atoms with Crippen LogP contribution >= 0.6 is 0 Å². The Hall–Kier alpha value is -6.26. The zero-order valence-electron chi connectivity index (χ0n) is 27.3. The topological polar surface area (TPSA) is 51.6 Å². The van der Waals surface area contributed by atoms with Crippen molar-refractivity contribution in [3.63, 3.8) is 0 Å². The van der Waals surface area contributed by atoms with Crippen LogP contribution in [0.15, 0.2) is 158 Å². The van der Waals surface area contributed by atoms with Gasteiger partial charge in [-0.25, -0.2) is 15.0 Å². The summed E-state index contributed by atoms with van der Waals surface area (Å²) in [7, 11) is 0. The van der Waals surface area contributed by atoms with Gasteiger partial charge in [-0.2, -0.15) is 0 Å². The van der Waals surface area contributed by atoms with Crippen LogP contribution in [0.25, 0.3) is 78.3 Å².